The molecule has 0 radical (unpaired) electrons. The third-order valence-corrected chi connectivity index (χ3v) is 4.18. The molecule has 0 aliphatic rings. The van der Waals surface area contributed by atoms with Gasteiger partial charge in [0.25, 0.3) is 0 Å². The summed E-state index contributed by atoms with van der Waals surface area (Å²) in [7, 11) is 2.17. The first-order valence-corrected chi connectivity index (χ1v) is 7.12. The molecule has 0 spiro atoms. The minimum Gasteiger partial charge on any atom is -0.468 e. The summed E-state index contributed by atoms with van der Waals surface area (Å²) in [5.74, 6) is 0.990. The molecule has 4 heteroatoms. The molecule has 2 aromatic rings. The molecule has 1 N–H and O–H groups in total. The highest BCUT2D eigenvalue weighted by atomic mass is 32.1. The number of hydrogen-bond donors (Lipinski definition) is 1. The summed E-state index contributed by atoms with van der Waals surface area (Å²) in [6.07, 6.45) is 1.71. The van der Waals surface area contributed by atoms with Gasteiger partial charge in [0.05, 0.1) is 12.8 Å². The van der Waals surface area contributed by atoms with Crippen LogP contribution in [0.15, 0.2) is 40.3 Å². The number of nitrogens with zero attached hydrogens (tertiary/aromatic N) is 1. The van der Waals surface area contributed by atoms with Crippen LogP contribution in [0.25, 0.3) is 0 Å². The summed E-state index contributed by atoms with van der Waals surface area (Å²) in [5, 5.41) is 5.52. The fourth-order valence-electron chi connectivity index (χ4n) is 1.82. The number of rotatable bonds is 7. The van der Waals surface area contributed by atoms with Crippen LogP contribution >= 0.6 is 11.3 Å². The molecule has 0 aliphatic heterocycles. The Labute approximate surface area is 112 Å². The Balaban J connectivity index is 1.67. The molecule has 0 saturated heterocycles. The molecular weight excluding hydrogens is 244 g/mol. The zero-order chi connectivity index (χ0) is 12.8. The summed E-state index contributed by atoms with van der Waals surface area (Å²) in [6.45, 7) is 5.04. The molecule has 0 bridgehead atoms. The Kier molecular flexibility index (Phi) is 4.99. The summed E-state index contributed by atoms with van der Waals surface area (Å²) in [4.78, 5) is 3.78. The fraction of sp³-hybridized carbons (Fsp3) is 0.429. The second-order valence-electron chi connectivity index (χ2n) is 4.43. The molecule has 0 aromatic carbocycles. The van der Waals surface area contributed by atoms with Crippen molar-refractivity contribution in [2.45, 2.75) is 19.5 Å². The second kappa shape index (κ2) is 6.73. The first-order valence-electron chi connectivity index (χ1n) is 6.24. The van der Waals surface area contributed by atoms with Crippen molar-refractivity contribution >= 4 is 11.3 Å². The minimum absolute atomic E-state index is 0.482. The van der Waals surface area contributed by atoms with Crippen LogP contribution in [-0.2, 0) is 6.54 Å². The first-order chi connectivity index (χ1) is 8.77. The summed E-state index contributed by atoms with van der Waals surface area (Å²) in [6, 6.07) is 8.70. The van der Waals surface area contributed by atoms with E-state index < -0.39 is 0 Å². The van der Waals surface area contributed by atoms with Crippen molar-refractivity contribution in [2.24, 2.45) is 0 Å². The summed E-state index contributed by atoms with van der Waals surface area (Å²) >= 11 is 1.82. The van der Waals surface area contributed by atoms with Crippen LogP contribution in [0.3, 0.4) is 0 Å². The van der Waals surface area contributed by atoms with Crippen LogP contribution < -0.4 is 5.32 Å². The van der Waals surface area contributed by atoms with Gasteiger partial charge >= 0.3 is 0 Å². The van der Waals surface area contributed by atoms with E-state index in [0.29, 0.717) is 6.04 Å². The van der Waals surface area contributed by atoms with Crippen LogP contribution in [0.1, 0.15) is 23.6 Å². The molecular formula is C14H20N2OS. The molecule has 2 aromatic heterocycles. The monoisotopic (exact) mass is 264 g/mol. The topological polar surface area (TPSA) is 28.4 Å². The van der Waals surface area contributed by atoms with Crippen LogP contribution in [0, 0.1) is 0 Å². The highest BCUT2D eigenvalue weighted by molar-refractivity contribution is 7.10. The van der Waals surface area contributed by atoms with E-state index in [1.807, 2.05) is 23.5 Å². The average Bonchev–Trinajstić information content (AvgIpc) is 3.05. The van der Waals surface area contributed by atoms with Gasteiger partial charge in [-0.3, -0.25) is 4.90 Å². The van der Waals surface area contributed by atoms with Gasteiger partial charge in [-0.05, 0) is 37.6 Å². The van der Waals surface area contributed by atoms with E-state index in [-0.39, 0.29) is 0 Å². The van der Waals surface area contributed by atoms with Gasteiger partial charge in [0, 0.05) is 24.0 Å². The minimum atomic E-state index is 0.482. The molecule has 98 valence electrons. The van der Waals surface area contributed by atoms with Crippen LogP contribution in [0.5, 0.6) is 0 Å². The lowest BCUT2D eigenvalue weighted by Gasteiger charge is -2.23. The number of hydrogen-bond acceptors (Lipinski definition) is 4. The second-order valence-corrected chi connectivity index (χ2v) is 5.41. The SMILES string of the molecule is CC(c1cccs1)N(C)CCNCc1ccco1. The Bertz CT molecular complexity index is 425. The van der Waals surface area contributed by atoms with Gasteiger partial charge in [-0.1, -0.05) is 6.07 Å². The summed E-state index contributed by atoms with van der Waals surface area (Å²) < 4.78 is 5.27. The molecule has 18 heavy (non-hydrogen) atoms. The van der Waals surface area contributed by atoms with E-state index in [2.05, 4.69) is 41.7 Å². The molecule has 1 atom stereocenters. The maximum absolute atomic E-state index is 5.27. The lowest BCUT2D eigenvalue weighted by molar-refractivity contribution is 0.263. The Morgan fingerprint density at radius 3 is 2.94 bits per heavy atom. The number of nitrogens with one attached hydrogen (secondary N) is 1. The third-order valence-electron chi connectivity index (χ3n) is 3.14. The van der Waals surface area contributed by atoms with E-state index in [0.717, 1.165) is 25.4 Å². The predicted molar refractivity (Wildman–Crippen MR) is 75.8 cm³/mol. The fourth-order valence-corrected chi connectivity index (χ4v) is 2.67. The maximum atomic E-state index is 5.27. The highest BCUT2D eigenvalue weighted by Crippen LogP contribution is 2.22. The first kappa shape index (κ1) is 13.3. The van der Waals surface area contributed by atoms with Crippen molar-refractivity contribution in [3.63, 3.8) is 0 Å². The van der Waals surface area contributed by atoms with Gasteiger partial charge in [0.1, 0.15) is 5.76 Å². The van der Waals surface area contributed by atoms with Crippen molar-refractivity contribution in [1.29, 1.82) is 0 Å². The van der Waals surface area contributed by atoms with Gasteiger partial charge in [-0.15, -0.1) is 11.3 Å². The average molecular weight is 264 g/mol. The molecule has 2 heterocycles. The number of thiophene rings is 1. The molecule has 0 aliphatic carbocycles. The van der Waals surface area contributed by atoms with Crippen molar-refractivity contribution in [2.75, 3.05) is 20.1 Å². The quantitative estimate of drug-likeness (QED) is 0.779. The highest BCUT2D eigenvalue weighted by Gasteiger charge is 2.11. The van der Waals surface area contributed by atoms with Gasteiger partial charge in [0.2, 0.25) is 0 Å². The van der Waals surface area contributed by atoms with E-state index in [4.69, 9.17) is 4.42 Å². The van der Waals surface area contributed by atoms with E-state index in [1.54, 1.807) is 6.26 Å². The van der Waals surface area contributed by atoms with Gasteiger partial charge < -0.3 is 9.73 Å². The number of likely N-dealkylation sites (N-methyl/N-ethyl adjacent to an activating group) is 1. The largest absolute Gasteiger partial charge is 0.468 e. The Morgan fingerprint density at radius 1 is 1.39 bits per heavy atom. The van der Waals surface area contributed by atoms with E-state index in [1.165, 1.54) is 4.88 Å². The van der Waals surface area contributed by atoms with Gasteiger partial charge in [-0.2, -0.15) is 0 Å². The zero-order valence-corrected chi connectivity index (χ0v) is 11.7. The predicted octanol–water partition coefficient (Wildman–Crippen LogP) is 3.12. The standard InChI is InChI=1S/C14H20N2OS/c1-12(14-6-4-10-18-14)16(2)8-7-15-11-13-5-3-9-17-13/h3-6,9-10,12,15H,7-8,11H2,1-2H3. The van der Waals surface area contributed by atoms with Crippen LogP contribution in [0.4, 0.5) is 0 Å². The van der Waals surface area contributed by atoms with Gasteiger partial charge in [0.15, 0.2) is 0 Å². The van der Waals surface area contributed by atoms with Crippen molar-refractivity contribution < 1.29 is 4.42 Å². The molecule has 3 nitrogen and oxygen atoms in total. The molecule has 0 fully saturated rings. The number of furan rings is 1. The van der Waals surface area contributed by atoms with Gasteiger partial charge in [-0.25, -0.2) is 0 Å². The third kappa shape index (κ3) is 3.70. The zero-order valence-electron chi connectivity index (χ0n) is 10.9. The van der Waals surface area contributed by atoms with Crippen LogP contribution in [0.2, 0.25) is 0 Å². The molecule has 0 saturated carbocycles. The molecule has 1 unspecified atom stereocenters. The van der Waals surface area contributed by atoms with Crippen molar-refractivity contribution in [1.82, 2.24) is 10.2 Å². The van der Waals surface area contributed by atoms with E-state index in [9.17, 15) is 0 Å². The molecule has 0 amide bonds. The normalized spacial score (nSPS) is 13.1. The smallest absolute Gasteiger partial charge is 0.117 e. The molecule has 2 rings (SSSR count). The lowest BCUT2D eigenvalue weighted by Crippen LogP contribution is -2.30. The van der Waals surface area contributed by atoms with Crippen molar-refractivity contribution in [3.8, 4) is 0 Å². The maximum Gasteiger partial charge on any atom is 0.117 e. The summed E-state index contributed by atoms with van der Waals surface area (Å²) in [5.41, 5.74) is 0. The van der Waals surface area contributed by atoms with Crippen LogP contribution in [-0.4, -0.2) is 25.0 Å². The Morgan fingerprint density at radius 2 is 2.28 bits per heavy atom. The van der Waals surface area contributed by atoms with Crippen molar-refractivity contribution in [3.05, 3.63) is 46.5 Å². The lowest BCUT2D eigenvalue weighted by atomic mass is 10.2. The Hall–Kier alpha value is -1.10. The van der Waals surface area contributed by atoms with E-state index >= 15 is 0 Å².